The highest BCUT2D eigenvalue weighted by Crippen LogP contribution is 2.17. The van der Waals surface area contributed by atoms with Gasteiger partial charge < -0.3 is 10.5 Å². The largest absolute Gasteiger partial charge is 0.481 e. The molecule has 1 aromatic heterocycles. The Morgan fingerprint density at radius 3 is 2.44 bits per heavy atom. The highest BCUT2D eigenvalue weighted by atomic mass is 16.5. The summed E-state index contributed by atoms with van der Waals surface area (Å²) in [5.41, 5.74) is 9.70. The monoisotopic (exact) mass is 242 g/mol. The highest BCUT2D eigenvalue weighted by Gasteiger charge is 2.07. The van der Waals surface area contributed by atoms with E-state index in [0.29, 0.717) is 5.88 Å². The summed E-state index contributed by atoms with van der Waals surface area (Å²) in [6.07, 6.45) is 2.59. The maximum Gasteiger partial charge on any atom is 0.212 e. The van der Waals surface area contributed by atoms with E-state index in [0.717, 1.165) is 17.5 Å². The fourth-order valence-electron chi connectivity index (χ4n) is 1.84. The van der Waals surface area contributed by atoms with Gasteiger partial charge >= 0.3 is 0 Å². The Balaban J connectivity index is 2.05. The molecule has 0 spiro atoms. The Hall–Kier alpha value is -1.87. The van der Waals surface area contributed by atoms with Gasteiger partial charge in [-0.25, -0.2) is 4.98 Å². The molecule has 2 rings (SSSR count). The fourth-order valence-corrected chi connectivity index (χ4v) is 1.84. The second kappa shape index (κ2) is 5.65. The van der Waals surface area contributed by atoms with Crippen LogP contribution >= 0.6 is 0 Å². The summed E-state index contributed by atoms with van der Waals surface area (Å²) in [4.78, 5) is 4.18. The van der Waals surface area contributed by atoms with E-state index in [4.69, 9.17) is 10.5 Å². The molecule has 0 amide bonds. The van der Waals surface area contributed by atoms with Gasteiger partial charge in [0.2, 0.25) is 5.88 Å². The van der Waals surface area contributed by atoms with Crippen molar-refractivity contribution in [1.82, 2.24) is 4.98 Å². The number of benzene rings is 1. The Morgan fingerprint density at radius 2 is 1.89 bits per heavy atom. The zero-order valence-electron chi connectivity index (χ0n) is 10.8. The molecule has 1 aromatic carbocycles. The van der Waals surface area contributed by atoms with Gasteiger partial charge in [0.25, 0.3) is 0 Å². The predicted octanol–water partition coefficient (Wildman–Crippen LogP) is 2.64. The van der Waals surface area contributed by atoms with Gasteiger partial charge in [-0.3, -0.25) is 0 Å². The third-order valence-electron chi connectivity index (χ3n) is 2.97. The van der Waals surface area contributed by atoms with Gasteiger partial charge in [-0.2, -0.15) is 0 Å². The van der Waals surface area contributed by atoms with Crippen LogP contribution in [0.15, 0.2) is 42.6 Å². The average molecular weight is 242 g/mol. The van der Waals surface area contributed by atoms with E-state index in [9.17, 15) is 0 Å². The van der Waals surface area contributed by atoms with Crippen LogP contribution in [0.25, 0.3) is 0 Å². The van der Waals surface area contributed by atoms with E-state index < -0.39 is 0 Å². The summed E-state index contributed by atoms with van der Waals surface area (Å²) in [5.74, 6) is 0.627. The van der Waals surface area contributed by atoms with Crippen LogP contribution in [0.4, 0.5) is 0 Å². The molecule has 1 atom stereocenters. The molecule has 0 aliphatic carbocycles. The van der Waals surface area contributed by atoms with Crippen molar-refractivity contribution in [2.24, 2.45) is 5.73 Å². The Labute approximate surface area is 108 Å². The molecule has 0 saturated heterocycles. The molecule has 18 heavy (non-hydrogen) atoms. The van der Waals surface area contributed by atoms with Crippen LogP contribution in [0.2, 0.25) is 0 Å². The van der Waals surface area contributed by atoms with Crippen molar-refractivity contribution in [2.45, 2.75) is 19.4 Å². The maximum atomic E-state index is 6.19. The molecule has 3 nitrogen and oxygen atoms in total. The molecule has 0 bridgehead atoms. The quantitative estimate of drug-likeness (QED) is 0.896. The fraction of sp³-hybridized carbons (Fsp3) is 0.267. The van der Waals surface area contributed by atoms with Crippen LogP contribution in [-0.2, 0) is 6.42 Å². The molecular formula is C15H18N2O. The first-order valence-electron chi connectivity index (χ1n) is 6.00. The zero-order chi connectivity index (χ0) is 13.0. The van der Waals surface area contributed by atoms with Crippen molar-refractivity contribution in [3.05, 3.63) is 59.3 Å². The van der Waals surface area contributed by atoms with Crippen molar-refractivity contribution >= 4 is 0 Å². The molecule has 2 N–H and O–H groups in total. The van der Waals surface area contributed by atoms with E-state index in [-0.39, 0.29) is 6.04 Å². The number of hydrogen-bond donors (Lipinski definition) is 1. The number of methoxy groups -OCH3 is 1. The van der Waals surface area contributed by atoms with E-state index in [1.165, 1.54) is 5.56 Å². The summed E-state index contributed by atoms with van der Waals surface area (Å²) in [7, 11) is 1.61. The molecular weight excluding hydrogens is 224 g/mol. The maximum absolute atomic E-state index is 6.19. The number of nitrogens with zero attached hydrogens (tertiary/aromatic N) is 1. The Kier molecular flexibility index (Phi) is 3.95. The van der Waals surface area contributed by atoms with Crippen LogP contribution in [0.3, 0.4) is 0 Å². The van der Waals surface area contributed by atoms with E-state index in [2.05, 4.69) is 36.2 Å². The van der Waals surface area contributed by atoms with Crippen molar-refractivity contribution in [3.63, 3.8) is 0 Å². The molecule has 0 aliphatic rings. The molecule has 0 radical (unpaired) electrons. The number of nitrogens with two attached hydrogens (primary N) is 1. The summed E-state index contributed by atoms with van der Waals surface area (Å²) < 4.78 is 5.03. The molecule has 3 heteroatoms. The number of ether oxygens (including phenoxy) is 1. The molecule has 0 saturated carbocycles. The van der Waals surface area contributed by atoms with Crippen molar-refractivity contribution in [1.29, 1.82) is 0 Å². The lowest BCUT2D eigenvalue weighted by atomic mass is 10.00. The van der Waals surface area contributed by atoms with Crippen LogP contribution in [0, 0.1) is 6.92 Å². The topological polar surface area (TPSA) is 48.1 Å². The highest BCUT2D eigenvalue weighted by molar-refractivity contribution is 5.26. The minimum atomic E-state index is 0.000736. The first-order valence-corrected chi connectivity index (χ1v) is 6.00. The smallest absolute Gasteiger partial charge is 0.212 e. The van der Waals surface area contributed by atoms with Crippen LogP contribution in [0.1, 0.15) is 22.7 Å². The number of pyridine rings is 1. The Bertz CT molecular complexity index is 491. The van der Waals surface area contributed by atoms with Gasteiger partial charge in [0.1, 0.15) is 0 Å². The van der Waals surface area contributed by atoms with Crippen LogP contribution in [0.5, 0.6) is 5.88 Å². The molecule has 1 heterocycles. The average Bonchev–Trinajstić information content (AvgIpc) is 2.40. The van der Waals surface area contributed by atoms with Gasteiger partial charge in [-0.05, 0) is 24.5 Å². The number of rotatable bonds is 4. The first-order chi connectivity index (χ1) is 8.69. The van der Waals surface area contributed by atoms with Gasteiger partial charge in [0, 0.05) is 18.3 Å². The molecule has 94 valence electrons. The lowest BCUT2D eigenvalue weighted by Crippen LogP contribution is -2.13. The summed E-state index contributed by atoms with van der Waals surface area (Å²) in [6.45, 7) is 2.07. The van der Waals surface area contributed by atoms with Gasteiger partial charge in [-0.1, -0.05) is 35.9 Å². The Morgan fingerprint density at radius 1 is 1.17 bits per heavy atom. The predicted molar refractivity (Wildman–Crippen MR) is 72.6 cm³/mol. The standard InChI is InChI=1S/C15H18N2O/c1-11-3-6-13(7-4-11)14(16)9-12-5-8-15(18-2)17-10-12/h3-8,10,14H,9,16H2,1-2H3. The molecule has 1 unspecified atom stereocenters. The first kappa shape index (κ1) is 12.6. The van der Waals surface area contributed by atoms with Crippen LogP contribution < -0.4 is 10.5 Å². The minimum absolute atomic E-state index is 0.000736. The number of hydrogen-bond acceptors (Lipinski definition) is 3. The van der Waals surface area contributed by atoms with Gasteiger partial charge in [-0.15, -0.1) is 0 Å². The lowest BCUT2D eigenvalue weighted by Gasteiger charge is -2.12. The summed E-state index contributed by atoms with van der Waals surface area (Å²) in [5, 5.41) is 0. The third kappa shape index (κ3) is 3.08. The number of aromatic nitrogens is 1. The lowest BCUT2D eigenvalue weighted by molar-refractivity contribution is 0.397. The second-order valence-electron chi connectivity index (χ2n) is 4.43. The number of aryl methyl sites for hydroxylation is 1. The SMILES string of the molecule is COc1ccc(CC(N)c2ccc(C)cc2)cn1. The van der Waals surface area contributed by atoms with E-state index in [1.807, 2.05) is 18.3 Å². The van der Waals surface area contributed by atoms with Crippen molar-refractivity contribution in [2.75, 3.05) is 7.11 Å². The molecule has 0 fully saturated rings. The van der Waals surface area contributed by atoms with E-state index in [1.54, 1.807) is 7.11 Å². The second-order valence-corrected chi connectivity index (χ2v) is 4.43. The van der Waals surface area contributed by atoms with Crippen molar-refractivity contribution in [3.8, 4) is 5.88 Å². The third-order valence-corrected chi connectivity index (χ3v) is 2.97. The summed E-state index contributed by atoms with van der Waals surface area (Å²) in [6, 6.07) is 12.2. The summed E-state index contributed by atoms with van der Waals surface area (Å²) >= 11 is 0. The van der Waals surface area contributed by atoms with Gasteiger partial charge in [0.05, 0.1) is 7.11 Å². The molecule has 0 aliphatic heterocycles. The van der Waals surface area contributed by atoms with E-state index >= 15 is 0 Å². The van der Waals surface area contributed by atoms with Crippen LogP contribution in [-0.4, -0.2) is 12.1 Å². The molecule has 2 aromatic rings. The van der Waals surface area contributed by atoms with Gasteiger partial charge in [0.15, 0.2) is 0 Å². The normalized spacial score (nSPS) is 12.2. The van der Waals surface area contributed by atoms with Crippen molar-refractivity contribution < 1.29 is 4.74 Å². The minimum Gasteiger partial charge on any atom is -0.481 e. The zero-order valence-corrected chi connectivity index (χ0v) is 10.8.